The number of thiophene rings is 2. The predicted octanol–water partition coefficient (Wildman–Crippen LogP) is 3.94. The molecule has 1 fully saturated rings. The van der Waals surface area contributed by atoms with Gasteiger partial charge in [0.25, 0.3) is 0 Å². The average molecular weight is 379 g/mol. The van der Waals surface area contributed by atoms with Crippen LogP contribution in [-0.4, -0.2) is 18.9 Å². The van der Waals surface area contributed by atoms with Gasteiger partial charge in [-0.05, 0) is 35.0 Å². The van der Waals surface area contributed by atoms with Gasteiger partial charge in [-0.15, -0.1) is 22.7 Å². The van der Waals surface area contributed by atoms with E-state index >= 15 is 0 Å². The predicted molar refractivity (Wildman–Crippen MR) is 110 cm³/mol. The molecule has 1 N–H and O–H groups in total. The molecule has 1 aromatic carbocycles. The molecule has 0 bridgehead atoms. The van der Waals surface area contributed by atoms with Crippen LogP contribution in [0.5, 0.6) is 0 Å². The summed E-state index contributed by atoms with van der Waals surface area (Å²) in [4.78, 5) is 16.7. The summed E-state index contributed by atoms with van der Waals surface area (Å²) >= 11 is 3.35. The molecule has 3 aromatic rings. The van der Waals surface area contributed by atoms with Crippen molar-refractivity contribution in [1.82, 2.24) is 0 Å². The van der Waals surface area contributed by atoms with Gasteiger partial charge in [0.05, 0.1) is 11.1 Å². The van der Waals surface area contributed by atoms with E-state index in [1.54, 1.807) is 22.7 Å². The molecule has 0 saturated carbocycles. The van der Waals surface area contributed by atoms with Crippen molar-refractivity contribution >= 4 is 40.6 Å². The monoisotopic (exact) mass is 378 g/mol. The molecule has 3 heterocycles. The third-order valence-electron chi connectivity index (χ3n) is 4.48. The number of quaternary nitrogens is 1. The molecule has 1 aliphatic rings. The van der Waals surface area contributed by atoms with Gasteiger partial charge >= 0.3 is 0 Å². The maximum Gasteiger partial charge on any atom is 0.196 e. The molecule has 2 nitrogen and oxygen atoms in total. The van der Waals surface area contributed by atoms with Gasteiger partial charge in [0.2, 0.25) is 0 Å². The summed E-state index contributed by atoms with van der Waals surface area (Å²) in [5.41, 5.74) is 3.13. The Morgan fingerprint density at radius 3 is 1.88 bits per heavy atom. The molecule has 1 saturated heterocycles. The van der Waals surface area contributed by atoms with Crippen LogP contribution in [0.2, 0.25) is 0 Å². The molecule has 26 heavy (non-hydrogen) atoms. The fourth-order valence-electron chi connectivity index (χ4n) is 3.30. The standard InChI is InChI=1S/C22H19NOS2/c24-22-18(12-20-8-4-10-25-20)15-23(14-17-6-2-1-3-7-17)16-19(22)13-21-9-5-11-26-21/h1-13H,14-16H2/p+1/b18-12-,19-13+. The molecule has 0 aliphatic carbocycles. The second-order valence-corrected chi connectivity index (χ2v) is 8.42. The smallest absolute Gasteiger partial charge is 0.196 e. The summed E-state index contributed by atoms with van der Waals surface area (Å²) in [6.45, 7) is 2.47. The summed E-state index contributed by atoms with van der Waals surface area (Å²) < 4.78 is 0. The second-order valence-electron chi connectivity index (χ2n) is 6.47. The first-order chi connectivity index (χ1) is 12.8. The number of Topliss-reactive ketones (excluding diaryl/α,β-unsaturated/α-hetero) is 1. The molecule has 1 unspecified atom stereocenters. The van der Waals surface area contributed by atoms with Gasteiger partial charge in [-0.3, -0.25) is 4.79 Å². The zero-order valence-electron chi connectivity index (χ0n) is 14.4. The molecule has 130 valence electrons. The number of hydrogen-bond acceptors (Lipinski definition) is 3. The highest BCUT2D eigenvalue weighted by Gasteiger charge is 2.29. The number of carbonyl (C=O) groups excluding carboxylic acids is 1. The second kappa shape index (κ2) is 7.96. The number of ketones is 1. The fourth-order valence-corrected chi connectivity index (χ4v) is 4.66. The van der Waals surface area contributed by atoms with Crippen molar-refractivity contribution in [1.29, 1.82) is 0 Å². The molecule has 1 atom stereocenters. The molecule has 0 spiro atoms. The van der Waals surface area contributed by atoms with E-state index in [0.717, 1.165) is 40.5 Å². The molecule has 4 heteroatoms. The van der Waals surface area contributed by atoms with Crippen LogP contribution in [0.1, 0.15) is 15.3 Å². The van der Waals surface area contributed by atoms with Crippen molar-refractivity contribution in [2.75, 3.05) is 13.1 Å². The minimum Gasteiger partial charge on any atom is -0.323 e. The Balaban J connectivity index is 1.64. The Hall–Kier alpha value is -2.27. The minimum atomic E-state index is 0.198. The first kappa shape index (κ1) is 17.2. The van der Waals surface area contributed by atoms with E-state index in [-0.39, 0.29) is 5.78 Å². The van der Waals surface area contributed by atoms with Crippen molar-refractivity contribution in [2.24, 2.45) is 0 Å². The van der Waals surface area contributed by atoms with E-state index in [1.165, 1.54) is 10.5 Å². The van der Waals surface area contributed by atoms with Gasteiger partial charge < -0.3 is 4.90 Å². The first-order valence-corrected chi connectivity index (χ1v) is 10.4. The van der Waals surface area contributed by atoms with Gasteiger partial charge in [-0.2, -0.15) is 0 Å². The zero-order chi connectivity index (χ0) is 17.8. The van der Waals surface area contributed by atoms with E-state index in [0.29, 0.717) is 0 Å². The van der Waals surface area contributed by atoms with Crippen molar-refractivity contribution < 1.29 is 9.69 Å². The Morgan fingerprint density at radius 1 is 0.808 bits per heavy atom. The largest absolute Gasteiger partial charge is 0.323 e. The van der Waals surface area contributed by atoms with Crippen LogP contribution in [0, 0.1) is 0 Å². The van der Waals surface area contributed by atoms with Gasteiger partial charge in [0.15, 0.2) is 5.78 Å². The minimum absolute atomic E-state index is 0.198. The molecule has 0 radical (unpaired) electrons. The molecule has 1 aliphatic heterocycles. The van der Waals surface area contributed by atoms with E-state index in [4.69, 9.17) is 0 Å². The molecule has 0 amide bonds. The molecular formula is C22H20NOS2+. The highest BCUT2D eigenvalue weighted by Crippen LogP contribution is 2.20. The van der Waals surface area contributed by atoms with Crippen LogP contribution in [-0.2, 0) is 11.3 Å². The van der Waals surface area contributed by atoms with E-state index in [2.05, 4.69) is 59.3 Å². The van der Waals surface area contributed by atoms with Crippen LogP contribution < -0.4 is 4.90 Å². The number of carbonyl (C=O) groups is 1. The maximum atomic E-state index is 13.0. The molecule has 2 aromatic heterocycles. The van der Waals surface area contributed by atoms with Crippen molar-refractivity contribution in [3.05, 3.63) is 91.8 Å². The van der Waals surface area contributed by atoms with Crippen LogP contribution in [0.25, 0.3) is 12.2 Å². The Labute approximate surface area is 161 Å². The fraction of sp³-hybridized carbons (Fsp3) is 0.136. The van der Waals surface area contributed by atoms with Gasteiger partial charge in [-0.25, -0.2) is 0 Å². The normalized spacial score (nSPS) is 20.8. The number of likely N-dealkylation sites (tertiary alicyclic amines) is 1. The van der Waals surface area contributed by atoms with E-state index in [1.807, 2.05) is 18.2 Å². The van der Waals surface area contributed by atoms with Gasteiger partial charge in [0.1, 0.15) is 19.6 Å². The average Bonchev–Trinajstić information content (AvgIpc) is 3.34. The summed E-state index contributed by atoms with van der Waals surface area (Å²) in [6.07, 6.45) is 4.14. The number of nitrogens with one attached hydrogen (secondary N) is 1. The lowest BCUT2D eigenvalue weighted by molar-refractivity contribution is -0.904. The van der Waals surface area contributed by atoms with Crippen molar-refractivity contribution in [3.8, 4) is 0 Å². The first-order valence-electron chi connectivity index (χ1n) is 8.68. The van der Waals surface area contributed by atoms with Crippen LogP contribution in [0.3, 0.4) is 0 Å². The third kappa shape index (κ3) is 4.10. The van der Waals surface area contributed by atoms with Crippen LogP contribution in [0.4, 0.5) is 0 Å². The molecule has 4 rings (SSSR count). The highest BCUT2D eigenvalue weighted by atomic mass is 32.1. The zero-order valence-corrected chi connectivity index (χ0v) is 16.0. The Bertz CT molecular complexity index is 866. The molecular weight excluding hydrogens is 358 g/mol. The number of hydrogen-bond donors (Lipinski definition) is 1. The third-order valence-corrected chi connectivity index (χ3v) is 6.12. The number of piperidine rings is 1. The van der Waals surface area contributed by atoms with Crippen molar-refractivity contribution in [3.63, 3.8) is 0 Å². The topological polar surface area (TPSA) is 21.5 Å². The van der Waals surface area contributed by atoms with E-state index in [9.17, 15) is 4.79 Å². The summed E-state index contributed by atoms with van der Waals surface area (Å²) in [5.74, 6) is 0.198. The van der Waals surface area contributed by atoms with E-state index < -0.39 is 0 Å². The van der Waals surface area contributed by atoms with Crippen LogP contribution >= 0.6 is 22.7 Å². The van der Waals surface area contributed by atoms with Gasteiger partial charge in [-0.1, -0.05) is 42.5 Å². The Morgan fingerprint density at radius 2 is 1.38 bits per heavy atom. The number of benzene rings is 1. The lowest BCUT2D eigenvalue weighted by Crippen LogP contribution is -3.12. The summed E-state index contributed by atoms with van der Waals surface area (Å²) in [5, 5.41) is 4.10. The number of rotatable bonds is 4. The quantitative estimate of drug-likeness (QED) is 0.682. The summed E-state index contributed by atoms with van der Waals surface area (Å²) in [6, 6.07) is 18.7. The van der Waals surface area contributed by atoms with Crippen molar-refractivity contribution in [2.45, 2.75) is 6.54 Å². The van der Waals surface area contributed by atoms with Crippen LogP contribution in [0.15, 0.2) is 76.5 Å². The SMILES string of the molecule is O=C1/C(=C\c2cccs2)C[NH+](Cc2ccccc2)C/C1=C\c1cccs1. The maximum absolute atomic E-state index is 13.0. The Kier molecular flexibility index (Phi) is 5.25. The lowest BCUT2D eigenvalue weighted by atomic mass is 9.96. The van der Waals surface area contributed by atoms with Gasteiger partial charge in [0, 0.05) is 15.3 Å². The highest BCUT2D eigenvalue weighted by molar-refractivity contribution is 7.11. The summed E-state index contributed by atoms with van der Waals surface area (Å²) in [7, 11) is 0. The lowest BCUT2D eigenvalue weighted by Gasteiger charge is -2.27.